The van der Waals surface area contributed by atoms with E-state index in [9.17, 15) is 13.9 Å². The smallest absolute Gasteiger partial charge is 0.132 e. The highest BCUT2D eigenvalue weighted by atomic mass is 19.1. The van der Waals surface area contributed by atoms with Crippen LogP contribution in [0.5, 0.6) is 11.5 Å². The first kappa shape index (κ1) is 15.3. The molecule has 2 aromatic rings. The van der Waals surface area contributed by atoms with Crippen molar-refractivity contribution in [3.8, 4) is 11.5 Å². The highest BCUT2D eigenvalue weighted by molar-refractivity contribution is 5.42. The van der Waals surface area contributed by atoms with E-state index in [2.05, 4.69) is 0 Å². The molecule has 1 N–H and O–H groups in total. The quantitative estimate of drug-likeness (QED) is 0.915. The lowest BCUT2D eigenvalue weighted by Crippen LogP contribution is -2.03. The van der Waals surface area contributed by atoms with Crippen molar-refractivity contribution in [2.45, 2.75) is 19.6 Å². The standard InChI is InChI=1S/C16H16F2O3/c1-10(19)14-6-5-13(20-2)8-16(14)21-9-11-3-4-12(17)7-15(11)18/h3-8,10,19H,9H2,1-2H3. The maximum Gasteiger partial charge on any atom is 0.132 e. The first-order valence-corrected chi connectivity index (χ1v) is 6.44. The molecule has 0 radical (unpaired) electrons. The fourth-order valence-electron chi connectivity index (χ4n) is 1.91. The fourth-order valence-corrected chi connectivity index (χ4v) is 1.91. The number of ether oxygens (including phenoxy) is 2. The van der Waals surface area contributed by atoms with E-state index in [0.717, 1.165) is 6.07 Å². The molecule has 0 aliphatic carbocycles. The maximum atomic E-state index is 13.6. The van der Waals surface area contributed by atoms with Gasteiger partial charge in [-0.25, -0.2) is 8.78 Å². The lowest BCUT2D eigenvalue weighted by atomic mass is 10.1. The fraction of sp³-hybridized carbons (Fsp3) is 0.250. The summed E-state index contributed by atoms with van der Waals surface area (Å²) in [5.41, 5.74) is 0.800. The monoisotopic (exact) mass is 294 g/mol. The van der Waals surface area contributed by atoms with Gasteiger partial charge in [0.05, 0.1) is 13.2 Å². The Balaban J connectivity index is 2.22. The van der Waals surface area contributed by atoms with Gasteiger partial charge in [0, 0.05) is 23.3 Å². The zero-order valence-electron chi connectivity index (χ0n) is 11.8. The minimum absolute atomic E-state index is 0.0704. The predicted octanol–water partition coefficient (Wildman–Crippen LogP) is 3.61. The molecule has 1 unspecified atom stereocenters. The average Bonchev–Trinajstić information content (AvgIpc) is 2.45. The number of hydrogen-bond acceptors (Lipinski definition) is 3. The molecule has 0 saturated heterocycles. The van der Waals surface area contributed by atoms with Gasteiger partial charge in [-0.1, -0.05) is 0 Å². The van der Waals surface area contributed by atoms with E-state index in [4.69, 9.17) is 9.47 Å². The van der Waals surface area contributed by atoms with Crippen LogP contribution in [-0.2, 0) is 6.61 Å². The van der Waals surface area contributed by atoms with Gasteiger partial charge in [-0.05, 0) is 31.2 Å². The molecular weight excluding hydrogens is 278 g/mol. The molecule has 0 aliphatic heterocycles. The molecule has 0 bridgehead atoms. The van der Waals surface area contributed by atoms with Crippen molar-refractivity contribution in [2.24, 2.45) is 0 Å². The Morgan fingerprint density at radius 2 is 1.90 bits per heavy atom. The van der Waals surface area contributed by atoms with Gasteiger partial charge in [0.15, 0.2) is 0 Å². The summed E-state index contributed by atoms with van der Waals surface area (Å²) >= 11 is 0. The number of benzene rings is 2. The first-order chi connectivity index (χ1) is 10.0. The normalized spacial score (nSPS) is 12.0. The Kier molecular flexibility index (Phi) is 4.75. The van der Waals surface area contributed by atoms with Crippen molar-refractivity contribution in [3.05, 3.63) is 59.2 Å². The van der Waals surface area contributed by atoms with Crippen molar-refractivity contribution in [2.75, 3.05) is 7.11 Å². The van der Waals surface area contributed by atoms with Crippen LogP contribution in [0, 0.1) is 11.6 Å². The molecule has 21 heavy (non-hydrogen) atoms. The van der Waals surface area contributed by atoms with Crippen molar-refractivity contribution in [1.82, 2.24) is 0 Å². The second-order valence-corrected chi connectivity index (χ2v) is 4.60. The molecule has 0 spiro atoms. The SMILES string of the molecule is COc1ccc(C(C)O)c(OCc2ccc(F)cc2F)c1. The lowest BCUT2D eigenvalue weighted by Gasteiger charge is -2.15. The Morgan fingerprint density at radius 1 is 1.14 bits per heavy atom. The highest BCUT2D eigenvalue weighted by Crippen LogP contribution is 2.30. The van der Waals surface area contributed by atoms with E-state index in [0.29, 0.717) is 17.1 Å². The number of hydrogen-bond donors (Lipinski definition) is 1. The van der Waals surface area contributed by atoms with Crippen LogP contribution in [0.25, 0.3) is 0 Å². The Labute approximate surface area is 121 Å². The maximum absolute atomic E-state index is 13.6. The summed E-state index contributed by atoms with van der Waals surface area (Å²) in [6.45, 7) is 1.53. The van der Waals surface area contributed by atoms with Crippen LogP contribution in [0.1, 0.15) is 24.2 Å². The molecule has 3 nitrogen and oxygen atoms in total. The molecule has 0 heterocycles. The Bertz CT molecular complexity index is 627. The molecule has 2 aromatic carbocycles. The van der Waals surface area contributed by atoms with Gasteiger partial charge in [0.25, 0.3) is 0 Å². The average molecular weight is 294 g/mol. The third-order valence-electron chi connectivity index (χ3n) is 3.07. The molecule has 0 amide bonds. The molecular formula is C16H16F2O3. The van der Waals surface area contributed by atoms with Crippen LogP contribution in [0.15, 0.2) is 36.4 Å². The first-order valence-electron chi connectivity index (χ1n) is 6.44. The van der Waals surface area contributed by atoms with Gasteiger partial charge in [0.1, 0.15) is 29.7 Å². The van der Waals surface area contributed by atoms with Gasteiger partial charge in [-0.15, -0.1) is 0 Å². The van der Waals surface area contributed by atoms with E-state index < -0.39 is 17.7 Å². The van der Waals surface area contributed by atoms with E-state index in [1.54, 1.807) is 25.1 Å². The molecule has 0 fully saturated rings. The van der Waals surface area contributed by atoms with E-state index in [1.165, 1.54) is 19.2 Å². The molecule has 0 aromatic heterocycles. The van der Waals surface area contributed by atoms with Crippen LogP contribution in [0.4, 0.5) is 8.78 Å². The molecule has 2 rings (SSSR count). The summed E-state index contributed by atoms with van der Waals surface area (Å²) in [6.07, 6.45) is -0.732. The van der Waals surface area contributed by atoms with Crippen LogP contribution >= 0.6 is 0 Å². The predicted molar refractivity (Wildman–Crippen MR) is 74.3 cm³/mol. The molecule has 0 aliphatic rings. The van der Waals surface area contributed by atoms with Crippen molar-refractivity contribution >= 4 is 0 Å². The van der Waals surface area contributed by atoms with E-state index in [1.807, 2.05) is 0 Å². The van der Waals surface area contributed by atoms with Gasteiger partial charge >= 0.3 is 0 Å². The summed E-state index contributed by atoms with van der Waals surface area (Å²) in [4.78, 5) is 0. The second-order valence-electron chi connectivity index (χ2n) is 4.60. The highest BCUT2D eigenvalue weighted by Gasteiger charge is 2.12. The van der Waals surface area contributed by atoms with Crippen molar-refractivity contribution < 1.29 is 23.4 Å². The van der Waals surface area contributed by atoms with Crippen LogP contribution in [-0.4, -0.2) is 12.2 Å². The van der Waals surface area contributed by atoms with Crippen LogP contribution in [0.3, 0.4) is 0 Å². The zero-order chi connectivity index (χ0) is 15.4. The Hall–Kier alpha value is -2.14. The van der Waals surface area contributed by atoms with Gasteiger partial charge < -0.3 is 14.6 Å². The summed E-state index contributed by atoms with van der Waals surface area (Å²) in [5.74, 6) is -0.346. The third kappa shape index (κ3) is 3.70. The van der Waals surface area contributed by atoms with Gasteiger partial charge in [-0.2, -0.15) is 0 Å². The summed E-state index contributed by atoms with van der Waals surface area (Å²) < 4.78 is 37.1. The lowest BCUT2D eigenvalue weighted by molar-refractivity contribution is 0.189. The topological polar surface area (TPSA) is 38.7 Å². The summed E-state index contributed by atoms with van der Waals surface area (Å²) in [7, 11) is 1.51. The van der Waals surface area contributed by atoms with Gasteiger partial charge in [0.2, 0.25) is 0 Å². The van der Waals surface area contributed by atoms with Crippen LogP contribution in [0.2, 0.25) is 0 Å². The number of aliphatic hydroxyl groups is 1. The number of aliphatic hydroxyl groups excluding tert-OH is 1. The third-order valence-corrected chi connectivity index (χ3v) is 3.07. The number of rotatable bonds is 5. The number of halogens is 2. The van der Waals surface area contributed by atoms with Crippen LogP contribution < -0.4 is 9.47 Å². The van der Waals surface area contributed by atoms with Gasteiger partial charge in [-0.3, -0.25) is 0 Å². The zero-order valence-corrected chi connectivity index (χ0v) is 11.8. The summed E-state index contributed by atoms with van der Waals surface area (Å²) in [6, 6.07) is 8.30. The molecule has 1 atom stereocenters. The minimum Gasteiger partial charge on any atom is -0.497 e. The molecule has 5 heteroatoms. The molecule has 112 valence electrons. The summed E-state index contributed by atoms with van der Waals surface area (Å²) in [5, 5.41) is 9.71. The van der Waals surface area contributed by atoms with E-state index in [-0.39, 0.29) is 12.2 Å². The minimum atomic E-state index is -0.732. The van der Waals surface area contributed by atoms with E-state index >= 15 is 0 Å². The largest absolute Gasteiger partial charge is 0.497 e. The molecule has 0 saturated carbocycles. The Morgan fingerprint density at radius 3 is 2.52 bits per heavy atom. The van der Waals surface area contributed by atoms with Crippen molar-refractivity contribution in [3.63, 3.8) is 0 Å². The van der Waals surface area contributed by atoms with Crippen molar-refractivity contribution in [1.29, 1.82) is 0 Å². The second kappa shape index (κ2) is 6.54. The number of methoxy groups -OCH3 is 1.